The van der Waals surface area contributed by atoms with Crippen LogP contribution in [0.5, 0.6) is 0 Å². The molecule has 4 unspecified atom stereocenters. The van der Waals surface area contributed by atoms with E-state index >= 15 is 0 Å². The summed E-state index contributed by atoms with van der Waals surface area (Å²) in [5.41, 5.74) is 0. The van der Waals surface area contributed by atoms with Crippen molar-refractivity contribution in [2.24, 2.45) is 23.7 Å². The Balaban J connectivity index is 5.21. The van der Waals surface area contributed by atoms with Gasteiger partial charge in [0.05, 0.1) is 26.4 Å². The minimum Gasteiger partial charge on any atom is -0.462 e. The number of aliphatic hydroxyl groups excluding tert-OH is 1. The first kappa shape index (κ1) is 103. The predicted octanol–water partition coefficient (Wildman–Crippen LogP) is 25.9. The predicted molar refractivity (Wildman–Crippen MR) is 432 cm³/mol. The van der Waals surface area contributed by atoms with Gasteiger partial charge in [-0.05, 0) is 49.4 Å². The minimum absolute atomic E-state index is 0.107. The highest BCUT2D eigenvalue weighted by Gasteiger charge is 2.31. The Kier molecular flexibility index (Phi) is 73.4. The largest absolute Gasteiger partial charge is 0.472 e. The molecule has 19 heteroatoms. The molecule has 0 heterocycles. The van der Waals surface area contributed by atoms with E-state index in [1.165, 1.54) is 244 Å². The first-order valence-electron chi connectivity index (χ1n) is 44.2. The molecule has 3 N–H and O–H groups in total. The smallest absolute Gasteiger partial charge is 0.462 e. The number of phosphoric acid groups is 2. The maximum absolute atomic E-state index is 13.1. The van der Waals surface area contributed by atoms with Gasteiger partial charge in [-0.1, -0.05) is 396 Å². The number of hydrogen-bond donors (Lipinski definition) is 3. The van der Waals surface area contributed by atoms with Crippen LogP contribution in [0.2, 0.25) is 0 Å². The van der Waals surface area contributed by atoms with Crippen LogP contribution in [0, 0.1) is 23.7 Å². The zero-order valence-corrected chi connectivity index (χ0v) is 71.2. The summed E-state index contributed by atoms with van der Waals surface area (Å²) in [6.45, 7) is 14.3. The van der Waals surface area contributed by atoms with Crippen LogP contribution >= 0.6 is 15.6 Å². The Morgan fingerprint density at radius 3 is 0.676 bits per heavy atom. The van der Waals surface area contributed by atoms with Crippen molar-refractivity contribution < 1.29 is 80.2 Å². The molecule has 0 amide bonds. The van der Waals surface area contributed by atoms with E-state index in [4.69, 9.17) is 37.0 Å². The third-order valence-corrected chi connectivity index (χ3v) is 22.3. The van der Waals surface area contributed by atoms with E-state index in [0.717, 1.165) is 114 Å². The number of carbonyl (C=O) groups excluding carboxylic acids is 4. The van der Waals surface area contributed by atoms with Gasteiger partial charge >= 0.3 is 39.5 Å². The lowest BCUT2D eigenvalue weighted by Gasteiger charge is -2.21. The lowest BCUT2D eigenvalue weighted by atomic mass is 9.99. The van der Waals surface area contributed by atoms with Crippen molar-refractivity contribution in [3.05, 3.63) is 0 Å². The standard InChI is InChI=1S/C86H168O17P2/c1-9-79(8)65-57-49-41-33-27-21-14-12-10-11-13-15-22-29-35-43-52-60-68-86(91)103-82(73-97-84(89)67-59-51-45-37-40-48-56-64-78(6)7)75-101-105(94,95)99-71-80(87)70-98-104(92,93)100-74-81(72-96-83(88)66-58-50-42-34-28-24-18-20-26-32-39-47-55-63-77(4)5)102-85(90)69-61-53-44-36-30-23-17-16-19-25-31-38-46-54-62-76(2)3/h76-82,87H,9-75H2,1-8H3,(H,92,93)(H,94,95)/t79?,80?,81-,82-/m1/s1. The van der Waals surface area contributed by atoms with E-state index in [1.54, 1.807) is 0 Å². The highest BCUT2D eigenvalue weighted by molar-refractivity contribution is 7.47. The molecule has 0 aromatic rings. The van der Waals surface area contributed by atoms with Crippen LogP contribution in [0.1, 0.15) is 447 Å². The lowest BCUT2D eigenvalue weighted by molar-refractivity contribution is -0.161. The number of aliphatic hydroxyl groups is 1. The summed E-state index contributed by atoms with van der Waals surface area (Å²) in [5.74, 6) is 1.05. The number of rotatable bonds is 83. The van der Waals surface area contributed by atoms with Crippen molar-refractivity contribution in [2.45, 2.75) is 465 Å². The molecular formula is C86H168O17P2. The summed E-state index contributed by atoms with van der Waals surface area (Å²) in [4.78, 5) is 73.2. The van der Waals surface area contributed by atoms with Crippen molar-refractivity contribution in [1.82, 2.24) is 0 Å². The number of ether oxygens (including phenoxy) is 4. The molecular weight excluding hydrogens is 1370 g/mol. The van der Waals surface area contributed by atoms with E-state index in [1.807, 2.05) is 0 Å². The van der Waals surface area contributed by atoms with Crippen molar-refractivity contribution in [1.29, 1.82) is 0 Å². The molecule has 0 aliphatic rings. The first-order valence-corrected chi connectivity index (χ1v) is 47.2. The summed E-state index contributed by atoms with van der Waals surface area (Å²) in [6, 6.07) is 0. The molecule has 0 spiro atoms. The molecule has 624 valence electrons. The Morgan fingerprint density at radius 1 is 0.267 bits per heavy atom. The van der Waals surface area contributed by atoms with Gasteiger partial charge in [0, 0.05) is 25.7 Å². The normalized spacial score (nSPS) is 14.2. The number of esters is 4. The van der Waals surface area contributed by atoms with E-state index in [-0.39, 0.29) is 25.7 Å². The second-order valence-corrected chi connectivity index (χ2v) is 35.5. The van der Waals surface area contributed by atoms with E-state index in [0.29, 0.717) is 31.6 Å². The van der Waals surface area contributed by atoms with Gasteiger partial charge in [0.1, 0.15) is 19.3 Å². The van der Waals surface area contributed by atoms with Crippen molar-refractivity contribution in [3.8, 4) is 0 Å². The zero-order chi connectivity index (χ0) is 77.4. The molecule has 0 saturated carbocycles. The zero-order valence-electron chi connectivity index (χ0n) is 69.4. The van der Waals surface area contributed by atoms with Crippen LogP contribution < -0.4 is 0 Å². The molecule has 0 aliphatic heterocycles. The molecule has 0 bridgehead atoms. The second-order valence-electron chi connectivity index (χ2n) is 32.6. The second kappa shape index (κ2) is 74.8. The molecule has 0 aromatic heterocycles. The van der Waals surface area contributed by atoms with Gasteiger partial charge in [-0.25, -0.2) is 9.13 Å². The Hall–Kier alpha value is -1.94. The molecule has 6 atom stereocenters. The van der Waals surface area contributed by atoms with Gasteiger partial charge in [-0.15, -0.1) is 0 Å². The number of carbonyl (C=O) groups is 4. The average molecular weight is 1540 g/mol. The quantitative estimate of drug-likeness (QED) is 0.0222. The van der Waals surface area contributed by atoms with E-state index in [9.17, 15) is 43.2 Å². The number of hydrogen-bond acceptors (Lipinski definition) is 15. The summed E-state index contributed by atoms with van der Waals surface area (Å²) >= 11 is 0. The fourth-order valence-electron chi connectivity index (χ4n) is 13.3. The van der Waals surface area contributed by atoms with Gasteiger partial charge < -0.3 is 33.8 Å². The van der Waals surface area contributed by atoms with Crippen LogP contribution in [-0.2, 0) is 65.4 Å². The fourth-order valence-corrected chi connectivity index (χ4v) is 14.9. The van der Waals surface area contributed by atoms with Gasteiger partial charge in [0.25, 0.3) is 0 Å². The number of unbranched alkanes of at least 4 members (excludes halogenated alkanes) is 48. The SMILES string of the molecule is CCC(C)CCCCCCCCCCCCCCCCCCCCC(=O)O[C@H](COC(=O)CCCCCCCCCC(C)C)COP(=O)(O)OCC(O)COP(=O)(O)OC[C@@H](COC(=O)CCCCCCCCCCCCCCCC(C)C)OC(=O)CCCCCCCCCCCCCCCCC(C)C. The van der Waals surface area contributed by atoms with Crippen LogP contribution in [0.25, 0.3) is 0 Å². The average Bonchev–Trinajstić information content (AvgIpc) is 0.917. The van der Waals surface area contributed by atoms with Crippen LogP contribution in [0.3, 0.4) is 0 Å². The van der Waals surface area contributed by atoms with Crippen molar-refractivity contribution >= 4 is 39.5 Å². The fraction of sp³-hybridized carbons (Fsp3) is 0.953. The number of phosphoric ester groups is 2. The first-order chi connectivity index (χ1) is 50.6. The summed E-state index contributed by atoms with van der Waals surface area (Å²) in [5, 5.41) is 10.7. The monoisotopic (exact) mass is 1540 g/mol. The molecule has 0 aliphatic carbocycles. The van der Waals surface area contributed by atoms with Gasteiger partial charge in [-0.2, -0.15) is 0 Å². The van der Waals surface area contributed by atoms with Crippen LogP contribution in [-0.4, -0.2) is 96.7 Å². The van der Waals surface area contributed by atoms with Crippen molar-refractivity contribution in [2.75, 3.05) is 39.6 Å². The van der Waals surface area contributed by atoms with Crippen LogP contribution in [0.15, 0.2) is 0 Å². The third kappa shape index (κ3) is 78.5. The summed E-state index contributed by atoms with van der Waals surface area (Å²) < 4.78 is 68.9. The molecule has 105 heavy (non-hydrogen) atoms. The molecule has 0 fully saturated rings. The maximum atomic E-state index is 13.1. The Labute approximate surface area is 645 Å². The van der Waals surface area contributed by atoms with Gasteiger partial charge in [0.2, 0.25) is 0 Å². The lowest BCUT2D eigenvalue weighted by Crippen LogP contribution is -2.30. The minimum atomic E-state index is -4.97. The van der Waals surface area contributed by atoms with E-state index < -0.39 is 97.5 Å². The Bertz CT molecular complexity index is 2040. The topological polar surface area (TPSA) is 237 Å². The van der Waals surface area contributed by atoms with Crippen LogP contribution in [0.4, 0.5) is 0 Å². The molecule has 0 aromatic carbocycles. The summed E-state index contributed by atoms with van der Waals surface area (Å²) in [7, 11) is -9.93. The highest BCUT2D eigenvalue weighted by atomic mass is 31.2. The Morgan fingerprint density at radius 2 is 0.457 bits per heavy atom. The van der Waals surface area contributed by atoms with E-state index in [2.05, 4.69) is 55.4 Å². The van der Waals surface area contributed by atoms with Gasteiger partial charge in [-0.3, -0.25) is 37.3 Å². The summed E-state index contributed by atoms with van der Waals surface area (Å²) in [6.07, 6.45) is 63.9. The maximum Gasteiger partial charge on any atom is 0.472 e. The van der Waals surface area contributed by atoms with Crippen molar-refractivity contribution in [3.63, 3.8) is 0 Å². The molecule has 17 nitrogen and oxygen atoms in total. The van der Waals surface area contributed by atoms with Gasteiger partial charge in [0.15, 0.2) is 12.2 Å². The molecule has 0 radical (unpaired) electrons. The highest BCUT2D eigenvalue weighted by Crippen LogP contribution is 2.45. The molecule has 0 rings (SSSR count). The molecule has 0 saturated heterocycles. The third-order valence-electron chi connectivity index (χ3n) is 20.4.